The lowest BCUT2D eigenvalue weighted by Gasteiger charge is -2.08. The van der Waals surface area contributed by atoms with Crippen molar-refractivity contribution in [2.75, 3.05) is 0 Å². The first-order valence-electron chi connectivity index (χ1n) is 6.89. The van der Waals surface area contributed by atoms with Crippen molar-refractivity contribution in [2.24, 2.45) is 5.14 Å². The number of carbonyl (C=O) groups excluding carboxylic acids is 2. The van der Waals surface area contributed by atoms with Crippen molar-refractivity contribution in [2.45, 2.75) is 24.4 Å². The van der Waals surface area contributed by atoms with Crippen LogP contribution in [0, 0.1) is 0 Å². The van der Waals surface area contributed by atoms with E-state index < -0.39 is 10.0 Å². The molecule has 0 aliphatic rings. The molecular weight excluding hydrogens is 318 g/mol. The molecule has 122 valence electrons. The zero-order valence-electron chi connectivity index (χ0n) is 12.3. The zero-order valence-corrected chi connectivity index (χ0v) is 13.1. The average Bonchev–Trinajstić information content (AvgIpc) is 2.98. The maximum Gasteiger partial charge on any atom is 0.238 e. The van der Waals surface area contributed by atoms with Gasteiger partial charge in [0.05, 0.1) is 10.6 Å². The monoisotopic (exact) mass is 335 g/mol. The predicted octanol–water partition coefficient (Wildman–Crippen LogP) is 0.654. The lowest BCUT2D eigenvalue weighted by molar-refractivity contribution is -0.121. The summed E-state index contributed by atoms with van der Waals surface area (Å²) >= 11 is 0. The van der Waals surface area contributed by atoms with Gasteiger partial charge in [0.25, 0.3) is 0 Å². The fourth-order valence-electron chi connectivity index (χ4n) is 2.05. The molecule has 0 radical (unpaired) electrons. The van der Waals surface area contributed by atoms with E-state index in [0.717, 1.165) is 11.8 Å². The van der Waals surface area contributed by atoms with Crippen LogP contribution in [0.3, 0.4) is 0 Å². The van der Waals surface area contributed by atoms with Crippen molar-refractivity contribution in [1.82, 2.24) is 9.88 Å². The topological polar surface area (TPSA) is 111 Å². The summed E-state index contributed by atoms with van der Waals surface area (Å²) in [6.45, 7) is 0.702. The molecule has 7 nitrogen and oxygen atoms in total. The number of nitrogens with two attached hydrogens (primary N) is 1. The minimum atomic E-state index is -3.71. The Labute approximate surface area is 134 Å². The molecular formula is C15H17N3O4S. The van der Waals surface area contributed by atoms with Crippen molar-refractivity contribution in [3.05, 3.63) is 53.9 Å². The molecule has 0 saturated carbocycles. The summed E-state index contributed by atoms with van der Waals surface area (Å²) in [5, 5.41) is 7.75. The molecule has 0 saturated heterocycles. The molecule has 1 aromatic heterocycles. The lowest BCUT2D eigenvalue weighted by Crippen LogP contribution is -2.24. The fraction of sp³-hybridized carbons (Fsp3) is 0.200. The molecule has 1 amide bonds. The van der Waals surface area contributed by atoms with Gasteiger partial charge in [-0.3, -0.25) is 9.59 Å². The molecule has 0 fully saturated rings. The van der Waals surface area contributed by atoms with Crippen LogP contribution in [0.2, 0.25) is 0 Å². The summed E-state index contributed by atoms with van der Waals surface area (Å²) in [7, 11) is -3.71. The normalized spacial score (nSPS) is 11.2. The van der Waals surface area contributed by atoms with Crippen LogP contribution >= 0.6 is 0 Å². The molecule has 0 spiro atoms. The quantitative estimate of drug-likeness (QED) is 0.724. The standard InChI is InChI=1S/C15H17N3O4S/c16-23(21,22)14-5-3-12(4-6-14)10-17-15(20)7-9-18-8-1-2-13(18)11-19/h1-6,8,11H,7,9-10H2,(H,17,20)(H2,16,21,22). The molecule has 8 heteroatoms. The predicted molar refractivity (Wildman–Crippen MR) is 84.1 cm³/mol. The van der Waals surface area contributed by atoms with Crippen LogP contribution in [-0.2, 0) is 27.9 Å². The Morgan fingerprint density at radius 3 is 2.52 bits per heavy atom. The van der Waals surface area contributed by atoms with E-state index in [-0.39, 0.29) is 23.8 Å². The molecule has 0 unspecified atom stereocenters. The van der Waals surface area contributed by atoms with Gasteiger partial charge < -0.3 is 9.88 Å². The van der Waals surface area contributed by atoms with E-state index in [1.54, 1.807) is 35.0 Å². The third-order valence-electron chi connectivity index (χ3n) is 3.31. The summed E-state index contributed by atoms with van der Waals surface area (Å²) in [5.74, 6) is -0.161. The third-order valence-corrected chi connectivity index (χ3v) is 4.24. The van der Waals surface area contributed by atoms with E-state index in [1.165, 1.54) is 12.1 Å². The number of benzene rings is 1. The summed E-state index contributed by atoms with van der Waals surface area (Å²) in [5.41, 5.74) is 1.29. The van der Waals surface area contributed by atoms with Gasteiger partial charge >= 0.3 is 0 Å². The Morgan fingerprint density at radius 1 is 1.22 bits per heavy atom. The average molecular weight is 335 g/mol. The Bertz CT molecular complexity index is 794. The number of nitrogens with one attached hydrogen (secondary N) is 1. The van der Waals surface area contributed by atoms with E-state index in [0.29, 0.717) is 12.2 Å². The smallest absolute Gasteiger partial charge is 0.238 e. The highest BCUT2D eigenvalue weighted by Crippen LogP contribution is 2.08. The highest BCUT2D eigenvalue weighted by molar-refractivity contribution is 7.89. The minimum Gasteiger partial charge on any atom is -0.352 e. The molecule has 0 aliphatic carbocycles. The van der Waals surface area contributed by atoms with Crippen LogP contribution in [0.25, 0.3) is 0 Å². The number of amides is 1. The van der Waals surface area contributed by atoms with Gasteiger partial charge in [0, 0.05) is 25.7 Å². The number of carbonyl (C=O) groups is 2. The first-order chi connectivity index (χ1) is 10.9. The van der Waals surface area contributed by atoms with Crippen molar-refractivity contribution in [1.29, 1.82) is 0 Å². The van der Waals surface area contributed by atoms with Gasteiger partial charge in [-0.1, -0.05) is 12.1 Å². The Kier molecular flexibility index (Phi) is 5.30. The number of nitrogens with zero attached hydrogens (tertiary/aromatic N) is 1. The molecule has 3 N–H and O–H groups in total. The van der Waals surface area contributed by atoms with Gasteiger partial charge in [-0.25, -0.2) is 13.6 Å². The van der Waals surface area contributed by atoms with Crippen LogP contribution in [-0.4, -0.2) is 25.2 Å². The zero-order chi connectivity index (χ0) is 16.9. The second-order valence-electron chi connectivity index (χ2n) is 4.96. The SMILES string of the molecule is NS(=O)(=O)c1ccc(CNC(=O)CCn2cccc2C=O)cc1. The number of aryl methyl sites for hydroxylation is 1. The van der Waals surface area contributed by atoms with E-state index in [4.69, 9.17) is 5.14 Å². The van der Waals surface area contributed by atoms with E-state index in [1.807, 2.05) is 0 Å². The molecule has 23 heavy (non-hydrogen) atoms. The van der Waals surface area contributed by atoms with E-state index >= 15 is 0 Å². The second-order valence-corrected chi connectivity index (χ2v) is 6.52. The van der Waals surface area contributed by atoms with Crippen molar-refractivity contribution >= 4 is 22.2 Å². The maximum atomic E-state index is 11.8. The molecule has 0 bridgehead atoms. The first-order valence-corrected chi connectivity index (χ1v) is 8.43. The number of rotatable bonds is 7. The van der Waals surface area contributed by atoms with Gasteiger partial charge in [0.15, 0.2) is 6.29 Å². The number of hydrogen-bond acceptors (Lipinski definition) is 4. The van der Waals surface area contributed by atoms with Crippen molar-refractivity contribution in [3.63, 3.8) is 0 Å². The number of sulfonamides is 1. The summed E-state index contributed by atoms with van der Waals surface area (Å²) in [6, 6.07) is 9.40. The fourth-order valence-corrected chi connectivity index (χ4v) is 2.56. The van der Waals surface area contributed by atoms with Gasteiger partial charge in [-0.15, -0.1) is 0 Å². The van der Waals surface area contributed by atoms with Crippen LogP contribution in [0.15, 0.2) is 47.5 Å². The first kappa shape index (κ1) is 16.9. The third kappa shape index (κ3) is 4.76. The summed E-state index contributed by atoms with van der Waals surface area (Å²) < 4.78 is 24.0. The summed E-state index contributed by atoms with van der Waals surface area (Å²) in [6.07, 6.45) is 2.72. The maximum absolute atomic E-state index is 11.8. The minimum absolute atomic E-state index is 0.0292. The lowest BCUT2D eigenvalue weighted by atomic mass is 10.2. The number of primary sulfonamides is 1. The van der Waals surface area contributed by atoms with Crippen molar-refractivity contribution in [3.8, 4) is 0 Å². The van der Waals surface area contributed by atoms with Gasteiger partial charge in [0.1, 0.15) is 0 Å². The van der Waals surface area contributed by atoms with Crippen LogP contribution < -0.4 is 10.5 Å². The Balaban J connectivity index is 1.83. The van der Waals surface area contributed by atoms with Crippen LogP contribution in [0.1, 0.15) is 22.5 Å². The molecule has 1 heterocycles. The molecule has 2 aromatic rings. The largest absolute Gasteiger partial charge is 0.352 e. The Morgan fingerprint density at radius 2 is 1.91 bits per heavy atom. The van der Waals surface area contributed by atoms with Crippen LogP contribution in [0.5, 0.6) is 0 Å². The van der Waals surface area contributed by atoms with E-state index in [2.05, 4.69) is 5.32 Å². The Hall–Kier alpha value is -2.45. The highest BCUT2D eigenvalue weighted by atomic mass is 32.2. The van der Waals surface area contributed by atoms with Gasteiger partial charge in [0.2, 0.25) is 15.9 Å². The second kappa shape index (κ2) is 7.21. The van der Waals surface area contributed by atoms with E-state index in [9.17, 15) is 18.0 Å². The summed E-state index contributed by atoms with van der Waals surface area (Å²) in [4.78, 5) is 22.6. The molecule has 0 aliphatic heterocycles. The van der Waals surface area contributed by atoms with Gasteiger partial charge in [-0.2, -0.15) is 0 Å². The van der Waals surface area contributed by atoms with Gasteiger partial charge in [-0.05, 0) is 29.8 Å². The highest BCUT2D eigenvalue weighted by Gasteiger charge is 2.08. The number of hydrogen-bond donors (Lipinski definition) is 2. The molecule has 2 rings (SSSR count). The number of aldehydes is 1. The number of aromatic nitrogens is 1. The van der Waals surface area contributed by atoms with Crippen LogP contribution in [0.4, 0.5) is 0 Å². The van der Waals surface area contributed by atoms with Crippen molar-refractivity contribution < 1.29 is 18.0 Å². The molecule has 0 atom stereocenters. The molecule has 1 aromatic carbocycles.